The monoisotopic (exact) mass is 261 g/mol. The largest absolute Gasteiger partial charge is 0.508 e. The van der Waals surface area contributed by atoms with Gasteiger partial charge in [-0.1, -0.05) is 0 Å². The Balaban J connectivity index is 2.05. The molecule has 102 valence electrons. The van der Waals surface area contributed by atoms with Crippen molar-refractivity contribution >= 4 is 5.69 Å². The van der Waals surface area contributed by atoms with Gasteiger partial charge in [0.05, 0.1) is 19.0 Å². The Hall–Kier alpha value is -2.17. The van der Waals surface area contributed by atoms with E-state index in [1.54, 1.807) is 25.4 Å². The average molecular weight is 261 g/mol. The number of nitrogens with one attached hydrogen (secondary N) is 1. The first-order valence-electron chi connectivity index (χ1n) is 6.24. The molecule has 5 heteroatoms. The summed E-state index contributed by atoms with van der Waals surface area (Å²) in [6, 6.07) is 5.51. The summed E-state index contributed by atoms with van der Waals surface area (Å²) in [7, 11) is 1.61. The molecule has 0 atom stereocenters. The van der Waals surface area contributed by atoms with Crippen molar-refractivity contribution in [1.29, 1.82) is 0 Å². The van der Waals surface area contributed by atoms with Crippen LogP contribution in [0.5, 0.6) is 11.5 Å². The van der Waals surface area contributed by atoms with E-state index in [4.69, 9.17) is 4.74 Å². The number of hydrogen-bond donors (Lipinski definition) is 2. The van der Waals surface area contributed by atoms with Crippen molar-refractivity contribution in [1.82, 2.24) is 9.78 Å². The van der Waals surface area contributed by atoms with Crippen LogP contribution in [0.3, 0.4) is 0 Å². The van der Waals surface area contributed by atoms with Crippen LogP contribution in [0.25, 0.3) is 0 Å². The average Bonchev–Trinajstić information content (AvgIpc) is 2.87. The highest BCUT2D eigenvalue weighted by molar-refractivity contribution is 5.44. The minimum absolute atomic E-state index is 0.254. The number of aromatic nitrogens is 2. The summed E-state index contributed by atoms with van der Waals surface area (Å²) in [5.74, 6) is 0.983. The smallest absolute Gasteiger partial charge is 0.120 e. The second-order valence-corrected chi connectivity index (χ2v) is 4.65. The lowest BCUT2D eigenvalue weighted by molar-refractivity contribution is 0.411. The maximum atomic E-state index is 9.79. The van der Waals surface area contributed by atoms with Crippen LogP contribution >= 0.6 is 0 Å². The van der Waals surface area contributed by atoms with Gasteiger partial charge in [0.25, 0.3) is 0 Å². The number of nitrogens with zero attached hydrogens (tertiary/aromatic N) is 2. The maximum absolute atomic E-state index is 9.79. The van der Waals surface area contributed by atoms with Crippen molar-refractivity contribution in [2.24, 2.45) is 0 Å². The molecule has 1 heterocycles. The van der Waals surface area contributed by atoms with Crippen LogP contribution in [0.4, 0.5) is 5.69 Å². The molecule has 0 unspecified atom stereocenters. The predicted molar refractivity (Wildman–Crippen MR) is 74.6 cm³/mol. The van der Waals surface area contributed by atoms with Crippen LogP contribution in [-0.2, 0) is 6.54 Å². The SMILES string of the molecule is COc1ccc(O)c(CNc2cnn(C(C)C)c2)c1. The standard InChI is InChI=1S/C14H19N3O2/c1-10(2)17-9-12(8-16-17)15-7-11-6-13(19-3)4-5-14(11)18/h4-6,8-10,15,18H,7H2,1-3H3. The van der Waals surface area contributed by atoms with Gasteiger partial charge in [0.1, 0.15) is 11.5 Å². The molecule has 5 nitrogen and oxygen atoms in total. The number of anilines is 1. The van der Waals surface area contributed by atoms with E-state index in [-0.39, 0.29) is 5.75 Å². The summed E-state index contributed by atoms with van der Waals surface area (Å²) in [5.41, 5.74) is 1.72. The van der Waals surface area contributed by atoms with E-state index < -0.39 is 0 Å². The van der Waals surface area contributed by atoms with Crippen LogP contribution in [0.1, 0.15) is 25.5 Å². The lowest BCUT2D eigenvalue weighted by Gasteiger charge is -2.08. The first-order valence-corrected chi connectivity index (χ1v) is 6.24. The fraction of sp³-hybridized carbons (Fsp3) is 0.357. The molecule has 0 spiro atoms. The van der Waals surface area contributed by atoms with Crippen molar-refractivity contribution in [2.75, 3.05) is 12.4 Å². The summed E-state index contributed by atoms with van der Waals surface area (Å²) in [5, 5.41) is 17.3. The summed E-state index contributed by atoms with van der Waals surface area (Å²) in [4.78, 5) is 0. The molecule has 0 aliphatic carbocycles. The number of methoxy groups -OCH3 is 1. The van der Waals surface area contributed by atoms with Crippen LogP contribution < -0.4 is 10.1 Å². The van der Waals surface area contributed by atoms with Crippen LogP contribution in [0.2, 0.25) is 0 Å². The molecule has 0 fully saturated rings. The highest BCUT2D eigenvalue weighted by atomic mass is 16.5. The molecule has 0 saturated heterocycles. The van der Waals surface area contributed by atoms with Crippen molar-refractivity contribution < 1.29 is 9.84 Å². The van der Waals surface area contributed by atoms with E-state index in [0.717, 1.165) is 17.0 Å². The number of phenols is 1. The van der Waals surface area contributed by atoms with Crippen molar-refractivity contribution in [3.8, 4) is 11.5 Å². The molecule has 2 N–H and O–H groups in total. The molecular formula is C14H19N3O2. The predicted octanol–water partition coefficient (Wildman–Crippen LogP) is 2.79. The lowest BCUT2D eigenvalue weighted by Crippen LogP contribution is -2.01. The zero-order chi connectivity index (χ0) is 13.8. The Labute approximate surface area is 112 Å². The number of phenolic OH excluding ortho intramolecular Hbond substituents is 1. The number of ether oxygens (including phenoxy) is 1. The minimum atomic E-state index is 0.254. The van der Waals surface area contributed by atoms with Crippen molar-refractivity contribution in [3.05, 3.63) is 36.2 Å². The Kier molecular flexibility index (Phi) is 3.94. The van der Waals surface area contributed by atoms with Crippen LogP contribution in [0.15, 0.2) is 30.6 Å². The number of benzene rings is 1. The normalized spacial score (nSPS) is 10.7. The van der Waals surface area contributed by atoms with Gasteiger partial charge >= 0.3 is 0 Å². The first kappa shape index (κ1) is 13.3. The van der Waals surface area contributed by atoms with Gasteiger partial charge < -0.3 is 15.2 Å². The second-order valence-electron chi connectivity index (χ2n) is 4.65. The third kappa shape index (κ3) is 3.19. The molecule has 2 rings (SSSR count). The molecule has 0 aliphatic rings. The van der Waals surface area contributed by atoms with Gasteiger partial charge in [0.15, 0.2) is 0 Å². The van der Waals surface area contributed by atoms with Gasteiger partial charge in [-0.05, 0) is 32.0 Å². The molecule has 0 bridgehead atoms. The molecule has 1 aromatic heterocycles. The van der Waals surface area contributed by atoms with E-state index in [0.29, 0.717) is 12.6 Å². The zero-order valence-electron chi connectivity index (χ0n) is 11.4. The van der Waals surface area contributed by atoms with Gasteiger partial charge in [0, 0.05) is 24.3 Å². The summed E-state index contributed by atoms with van der Waals surface area (Å²) >= 11 is 0. The fourth-order valence-corrected chi connectivity index (χ4v) is 1.74. The van der Waals surface area contributed by atoms with E-state index in [1.807, 2.05) is 16.9 Å². The molecule has 0 radical (unpaired) electrons. The molecule has 0 aliphatic heterocycles. The Morgan fingerprint density at radius 1 is 1.42 bits per heavy atom. The minimum Gasteiger partial charge on any atom is -0.508 e. The number of rotatable bonds is 5. The highest BCUT2D eigenvalue weighted by Crippen LogP contribution is 2.23. The molecule has 2 aromatic rings. The number of hydrogen-bond acceptors (Lipinski definition) is 4. The van der Waals surface area contributed by atoms with E-state index in [1.165, 1.54) is 0 Å². The summed E-state index contributed by atoms with van der Waals surface area (Å²) < 4.78 is 7.02. The van der Waals surface area contributed by atoms with E-state index >= 15 is 0 Å². The van der Waals surface area contributed by atoms with Crippen molar-refractivity contribution in [2.45, 2.75) is 26.4 Å². The third-order valence-corrected chi connectivity index (χ3v) is 2.90. The second kappa shape index (κ2) is 5.65. The molecule has 1 aromatic carbocycles. The van der Waals surface area contributed by atoms with Gasteiger partial charge in [0.2, 0.25) is 0 Å². The zero-order valence-corrected chi connectivity index (χ0v) is 11.4. The van der Waals surface area contributed by atoms with Crippen LogP contribution in [0, 0.1) is 0 Å². The van der Waals surface area contributed by atoms with E-state index in [2.05, 4.69) is 24.3 Å². The van der Waals surface area contributed by atoms with Crippen molar-refractivity contribution in [3.63, 3.8) is 0 Å². The highest BCUT2D eigenvalue weighted by Gasteiger charge is 2.05. The van der Waals surface area contributed by atoms with Gasteiger partial charge in [-0.15, -0.1) is 0 Å². The first-order chi connectivity index (χ1) is 9.10. The Bertz CT molecular complexity index is 549. The molecule has 19 heavy (non-hydrogen) atoms. The summed E-state index contributed by atoms with van der Waals surface area (Å²) in [6.07, 6.45) is 3.72. The van der Waals surface area contributed by atoms with Crippen LogP contribution in [-0.4, -0.2) is 22.0 Å². The molecule has 0 amide bonds. The molecular weight excluding hydrogens is 242 g/mol. The quantitative estimate of drug-likeness (QED) is 0.869. The molecule has 0 saturated carbocycles. The Morgan fingerprint density at radius 3 is 2.84 bits per heavy atom. The lowest BCUT2D eigenvalue weighted by atomic mass is 10.2. The maximum Gasteiger partial charge on any atom is 0.120 e. The van der Waals surface area contributed by atoms with Gasteiger partial charge in [-0.2, -0.15) is 5.10 Å². The van der Waals surface area contributed by atoms with Gasteiger partial charge in [-0.25, -0.2) is 0 Å². The topological polar surface area (TPSA) is 59.3 Å². The fourth-order valence-electron chi connectivity index (χ4n) is 1.74. The van der Waals surface area contributed by atoms with Gasteiger partial charge in [-0.3, -0.25) is 4.68 Å². The summed E-state index contributed by atoms with van der Waals surface area (Å²) in [6.45, 7) is 4.67. The van der Waals surface area contributed by atoms with E-state index in [9.17, 15) is 5.11 Å². The number of aromatic hydroxyl groups is 1. The Morgan fingerprint density at radius 2 is 2.21 bits per heavy atom. The third-order valence-electron chi connectivity index (χ3n) is 2.90.